The molecule has 7 heteroatoms. The highest BCUT2D eigenvalue weighted by atomic mass is 32.2. The molecule has 0 aliphatic carbocycles. The molecular weight excluding hydrogens is 365 g/mol. The number of likely N-dealkylation sites (tertiary alicyclic amines) is 1. The highest BCUT2D eigenvalue weighted by Crippen LogP contribution is 2.19. The zero-order valence-electron chi connectivity index (χ0n) is 15.7. The standard InChI is InChI=1S/C20H28FN3O2S/c21-17-4-6-18(7-5-17)27-15-8-19(25)24-13-11-22(12-14-24)16-20(26)23-9-2-1-3-10-23/h4-7H,1-3,8-16H2. The van der Waals surface area contributed by atoms with E-state index >= 15 is 0 Å². The number of amides is 2. The number of piperazine rings is 1. The minimum Gasteiger partial charge on any atom is -0.342 e. The maximum atomic E-state index is 12.9. The number of carbonyl (C=O) groups excluding carboxylic acids is 2. The lowest BCUT2D eigenvalue weighted by Gasteiger charge is -2.36. The third-order valence-corrected chi connectivity index (χ3v) is 6.20. The largest absolute Gasteiger partial charge is 0.342 e. The zero-order chi connectivity index (χ0) is 19.1. The van der Waals surface area contributed by atoms with Crippen molar-refractivity contribution in [2.24, 2.45) is 0 Å². The van der Waals surface area contributed by atoms with E-state index in [1.807, 2.05) is 9.80 Å². The van der Waals surface area contributed by atoms with E-state index < -0.39 is 0 Å². The normalized spacial score (nSPS) is 18.6. The van der Waals surface area contributed by atoms with Gasteiger partial charge in [0.25, 0.3) is 0 Å². The van der Waals surface area contributed by atoms with Crippen LogP contribution in [0.2, 0.25) is 0 Å². The predicted molar refractivity (Wildman–Crippen MR) is 105 cm³/mol. The molecule has 0 bridgehead atoms. The average molecular weight is 394 g/mol. The number of halogens is 1. The van der Waals surface area contributed by atoms with Crippen molar-refractivity contribution in [1.82, 2.24) is 14.7 Å². The lowest BCUT2D eigenvalue weighted by molar-refractivity contribution is -0.135. The Labute approximate surface area is 164 Å². The van der Waals surface area contributed by atoms with E-state index in [0.717, 1.165) is 43.9 Å². The summed E-state index contributed by atoms with van der Waals surface area (Å²) in [5, 5.41) is 0. The smallest absolute Gasteiger partial charge is 0.236 e. The molecular formula is C20H28FN3O2S. The molecule has 2 heterocycles. The number of hydrogen-bond donors (Lipinski definition) is 0. The fourth-order valence-corrected chi connectivity index (χ4v) is 4.38. The molecule has 2 amide bonds. The van der Waals surface area contributed by atoms with Gasteiger partial charge in [-0.15, -0.1) is 11.8 Å². The van der Waals surface area contributed by atoms with Crippen LogP contribution in [0.5, 0.6) is 0 Å². The molecule has 5 nitrogen and oxygen atoms in total. The number of thioether (sulfide) groups is 1. The summed E-state index contributed by atoms with van der Waals surface area (Å²) >= 11 is 1.57. The van der Waals surface area contributed by atoms with E-state index in [-0.39, 0.29) is 17.6 Å². The zero-order valence-corrected chi connectivity index (χ0v) is 16.6. The molecule has 3 rings (SSSR count). The van der Waals surface area contributed by atoms with Crippen LogP contribution in [0, 0.1) is 5.82 Å². The van der Waals surface area contributed by atoms with Crippen molar-refractivity contribution < 1.29 is 14.0 Å². The first-order chi connectivity index (χ1) is 13.1. The van der Waals surface area contributed by atoms with Crippen molar-refractivity contribution >= 4 is 23.6 Å². The number of benzene rings is 1. The summed E-state index contributed by atoms with van der Waals surface area (Å²) in [6.07, 6.45) is 3.94. The van der Waals surface area contributed by atoms with Crippen LogP contribution in [-0.2, 0) is 9.59 Å². The molecule has 1 aromatic rings. The Balaban J connectivity index is 1.33. The first-order valence-corrected chi connectivity index (χ1v) is 10.8. The Morgan fingerprint density at radius 3 is 2.15 bits per heavy atom. The number of carbonyl (C=O) groups is 2. The lowest BCUT2D eigenvalue weighted by atomic mass is 10.1. The number of hydrogen-bond acceptors (Lipinski definition) is 4. The topological polar surface area (TPSA) is 43.9 Å². The van der Waals surface area contributed by atoms with Gasteiger partial charge in [0, 0.05) is 56.3 Å². The van der Waals surface area contributed by atoms with Crippen molar-refractivity contribution in [2.45, 2.75) is 30.6 Å². The van der Waals surface area contributed by atoms with Gasteiger partial charge in [0.05, 0.1) is 6.54 Å². The van der Waals surface area contributed by atoms with E-state index in [1.165, 1.54) is 18.6 Å². The second kappa shape index (κ2) is 10.1. The molecule has 2 fully saturated rings. The van der Waals surface area contributed by atoms with Gasteiger partial charge in [-0.3, -0.25) is 14.5 Å². The molecule has 0 atom stereocenters. The average Bonchev–Trinajstić information content (AvgIpc) is 2.70. The maximum Gasteiger partial charge on any atom is 0.236 e. The van der Waals surface area contributed by atoms with Gasteiger partial charge < -0.3 is 9.80 Å². The first kappa shape index (κ1) is 20.1. The van der Waals surface area contributed by atoms with Gasteiger partial charge in [-0.05, 0) is 43.5 Å². The summed E-state index contributed by atoms with van der Waals surface area (Å²) in [5.74, 6) is 0.835. The quantitative estimate of drug-likeness (QED) is 0.697. The molecule has 0 unspecified atom stereocenters. The summed E-state index contributed by atoms with van der Waals surface area (Å²) in [5.41, 5.74) is 0. The molecule has 0 N–H and O–H groups in total. The van der Waals surface area contributed by atoms with Crippen LogP contribution < -0.4 is 0 Å². The Hall–Kier alpha value is -1.60. The molecule has 0 aromatic heterocycles. The Morgan fingerprint density at radius 2 is 1.48 bits per heavy atom. The van der Waals surface area contributed by atoms with E-state index in [0.29, 0.717) is 31.8 Å². The molecule has 0 radical (unpaired) electrons. The van der Waals surface area contributed by atoms with Gasteiger partial charge in [-0.25, -0.2) is 4.39 Å². The molecule has 27 heavy (non-hydrogen) atoms. The Kier molecular flexibility index (Phi) is 7.52. The molecule has 2 aliphatic heterocycles. The second-order valence-corrected chi connectivity index (χ2v) is 8.32. The highest BCUT2D eigenvalue weighted by Gasteiger charge is 2.24. The van der Waals surface area contributed by atoms with Crippen molar-refractivity contribution in [3.63, 3.8) is 0 Å². The molecule has 2 aliphatic rings. The van der Waals surface area contributed by atoms with Crippen molar-refractivity contribution in [3.8, 4) is 0 Å². The van der Waals surface area contributed by atoms with E-state index in [1.54, 1.807) is 23.9 Å². The predicted octanol–water partition coefficient (Wildman–Crippen LogP) is 2.46. The summed E-state index contributed by atoms with van der Waals surface area (Å²) in [7, 11) is 0. The van der Waals surface area contributed by atoms with Crippen molar-refractivity contribution in [3.05, 3.63) is 30.1 Å². The van der Waals surface area contributed by atoms with E-state index in [9.17, 15) is 14.0 Å². The molecule has 148 valence electrons. The number of nitrogens with zero attached hydrogens (tertiary/aromatic N) is 3. The van der Waals surface area contributed by atoms with Crippen LogP contribution in [-0.4, -0.2) is 78.1 Å². The first-order valence-electron chi connectivity index (χ1n) is 9.78. The highest BCUT2D eigenvalue weighted by molar-refractivity contribution is 7.99. The Bertz CT molecular complexity index is 627. The van der Waals surface area contributed by atoms with Gasteiger partial charge in [0.2, 0.25) is 11.8 Å². The minimum atomic E-state index is -0.243. The van der Waals surface area contributed by atoms with E-state index in [2.05, 4.69) is 4.90 Å². The summed E-state index contributed by atoms with van der Waals surface area (Å²) < 4.78 is 12.9. The van der Waals surface area contributed by atoms with Crippen LogP contribution in [0.3, 0.4) is 0 Å². The molecule has 1 aromatic carbocycles. The third kappa shape index (κ3) is 6.21. The fourth-order valence-electron chi connectivity index (χ4n) is 3.54. The Morgan fingerprint density at radius 1 is 0.852 bits per heavy atom. The van der Waals surface area contributed by atoms with Crippen molar-refractivity contribution in [2.75, 3.05) is 51.6 Å². The van der Waals surface area contributed by atoms with Crippen molar-refractivity contribution in [1.29, 1.82) is 0 Å². The van der Waals surface area contributed by atoms with Crippen LogP contribution >= 0.6 is 11.8 Å². The van der Waals surface area contributed by atoms with Gasteiger partial charge in [-0.1, -0.05) is 0 Å². The molecule has 2 saturated heterocycles. The van der Waals surface area contributed by atoms with Crippen LogP contribution in [0.15, 0.2) is 29.2 Å². The van der Waals surface area contributed by atoms with Gasteiger partial charge in [0.15, 0.2) is 0 Å². The van der Waals surface area contributed by atoms with Gasteiger partial charge >= 0.3 is 0 Å². The van der Waals surface area contributed by atoms with Crippen LogP contribution in [0.1, 0.15) is 25.7 Å². The summed E-state index contributed by atoms with van der Waals surface area (Å²) in [6, 6.07) is 6.36. The molecule has 0 spiro atoms. The SMILES string of the molecule is O=C(CCSc1ccc(F)cc1)N1CCN(CC(=O)N2CCCCC2)CC1. The minimum absolute atomic E-state index is 0.159. The fraction of sp³-hybridized carbons (Fsp3) is 0.600. The summed E-state index contributed by atoms with van der Waals surface area (Å²) in [6.45, 7) is 5.15. The number of rotatable bonds is 6. The lowest BCUT2D eigenvalue weighted by Crippen LogP contribution is -2.52. The molecule has 0 saturated carbocycles. The van der Waals surface area contributed by atoms with Crippen LogP contribution in [0.4, 0.5) is 4.39 Å². The summed E-state index contributed by atoms with van der Waals surface area (Å²) in [4.78, 5) is 31.7. The maximum absolute atomic E-state index is 12.9. The van der Waals surface area contributed by atoms with Gasteiger partial charge in [-0.2, -0.15) is 0 Å². The van der Waals surface area contributed by atoms with Gasteiger partial charge in [0.1, 0.15) is 5.82 Å². The number of piperidine rings is 1. The third-order valence-electron chi connectivity index (χ3n) is 5.19. The van der Waals surface area contributed by atoms with E-state index in [4.69, 9.17) is 0 Å². The monoisotopic (exact) mass is 393 g/mol. The second-order valence-electron chi connectivity index (χ2n) is 7.15. The van der Waals surface area contributed by atoms with Crippen LogP contribution in [0.25, 0.3) is 0 Å².